The Morgan fingerprint density at radius 2 is 2.00 bits per heavy atom. The molecule has 0 saturated carbocycles. The number of rotatable bonds is 7. The Morgan fingerprint density at radius 3 is 2.61 bits per heavy atom. The van der Waals surface area contributed by atoms with Gasteiger partial charge in [-0.25, -0.2) is 9.78 Å². The van der Waals surface area contributed by atoms with Crippen molar-refractivity contribution in [1.29, 1.82) is 5.41 Å². The fraction of sp³-hybridized carbons (Fsp3) is 0.350. The quantitative estimate of drug-likeness (QED) is 0.542. The Labute approximate surface area is 167 Å². The Balaban J connectivity index is 1.70. The molecule has 1 aliphatic rings. The van der Waals surface area contributed by atoms with Crippen molar-refractivity contribution < 1.29 is 19.4 Å². The summed E-state index contributed by atoms with van der Waals surface area (Å²) < 4.78 is 10.3. The van der Waals surface area contributed by atoms with E-state index in [4.69, 9.17) is 14.9 Å². The summed E-state index contributed by atoms with van der Waals surface area (Å²) in [5.74, 6) is -0.102. The van der Waals surface area contributed by atoms with Crippen LogP contribution in [0.15, 0.2) is 30.0 Å². The van der Waals surface area contributed by atoms with Crippen LogP contribution in [0.1, 0.15) is 32.9 Å². The number of amidine groups is 1. The number of aliphatic hydroxyl groups is 1. The van der Waals surface area contributed by atoms with E-state index in [2.05, 4.69) is 4.98 Å². The minimum Gasteiger partial charge on any atom is -0.510 e. The number of hydrogen-bond acceptors (Lipinski definition) is 7. The third-order valence-corrected chi connectivity index (χ3v) is 5.52. The first-order valence-corrected chi connectivity index (χ1v) is 9.82. The molecular weight excluding hydrogens is 378 g/mol. The normalized spacial score (nSPS) is 14.1. The Hall–Kier alpha value is -2.71. The lowest BCUT2D eigenvalue weighted by atomic mass is 10.2. The van der Waals surface area contributed by atoms with E-state index in [1.54, 1.807) is 29.2 Å². The molecule has 2 heterocycles. The van der Waals surface area contributed by atoms with Gasteiger partial charge in [0.15, 0.2) is 0 Å². The average molecular weight is 401 g/mol. The minimum atomic E-state index is -0.418. The van der Waals surface area contributed by atoms with Gasteiger partial charge in [0.2, 0.25) is 0 Å². The zero-order valence-corrected chi connectivity index (χ0v) is 16.9. The van der Waals surface area contributed by atoms with Crippen LogP contribution in [-0.4, -0.2) is 48.3 Å². The summed E-state index contributed by atoms with van der Waals surface area (Å²) in [7, 11) is 0. The highest BCUT2D eigenvalue weighted by Gasteiger charge is 2.31. The Bertz CT molecular complexity index is 899. The second-order valence-corrected chi connectivity index (χ2v) is 7.50. The third-order valence-electron chi connectivity index (χ3n) is 4.43. The van der Waals surface area contributed by atoms with Gasteiger partial charge < -0.3 is 19.5 Å². The molecule has 28 heavy (non-hydrogen) atoms. The molecule has 2 N–H and O–H groups in total. The topological polar surface area (TPSA) is 95.7 Å². The molecule has 7 nitrogen and oxygen atoms in total. The summed E-state index contributed by atoms with van der Waals surface area (Å²) in [6, 6.07) is 6.78. The van der Waals surface area contributed by atoms with Crippen molar-refractivity contribution in [1.82, 2.24) is 4.98 Å². The van der Waals surface area contributed by atoms with Gasteiger partial charge in [-0.2, -0.15) is 0 Å². The van der Waals surface area contributed by atoms with Gasteiger partial charge in [-0.15, -0.1) is 11.3 Å². The number of carbonyl (C=O) groups is 1. The second kappa shape index (κ2) is 8.53. The van der Waals surface area contributed by atoms with Gasteiger partial charge >= 0.3 is 5.97 Å². The van der Waals surface area contributed by atoms with E-state index >= 15 is 0 Å². The number of nitrogens with zero attached hydrogens (tertiary/aromatic N) is 2. The lowest BCUT2D eigenvalue weighted by Crippen LogP contribution is -2.26. The van der Waals surface area contributed by atoms with E-state index in [0.29, 0.717) is 35.0 Å². The van der Waals surface area contributed by atoms with Crippen LogP contribution in [-0.2, 0) is 9.47 Å². The number of aromatic nitrogens is 1. The van der Waals surface area contributed by atoms with Crippen LogP contribution in [0.25, 0.3) is 5.57 Å². The monoisotopic (exact) mass is 401 g/mol. The molecule has 0 amide bonds. The molecule has 1 aliphatic heterocycles. The van der Waals surface area contributed by atoms with Crippen molar-refractivity contribution >= 4 is 34.4 Å². The highest BCUT2D eigenvalue weighted by Crippen LogP contribution is 2.34. The van der Waals surface area contributed by atoms with Gasteiger partial charge in [0.05, 0.1) is 30.0 Å². The third kappa shape index (κ3) is 4.07. The SMILES string of the molecule is CCOCCOC(=O)c1ccc(N2CC(O)=C(c3nc(C)c(C)s3)C2=N)cc1. The molecule has 148 valence electrons. The summed E-state index contributed by atoms with van der Waals surface area (Å²) >= 11 is 1.47. The van der Waals surface area contributed by atoms with Gasteiger partial charge in [0.1, 0.15) is 23.2 Å². The molecule has 0 bridgehead atoms. The molecular formula is C20H23N3O4S. The van der Waals surface area contributed by atoms with Crippen molar-refractivity contribution in [3.63, 3.8) is 0 Å². The number of thiazole rings is 1. The lowest BCUT2D eigenvalue weighted by Gasteiger charge is -2.18. The van der Waals surface area contributed by atoms with Crippen molar-refractivity contribution in [2.24, 2.45) is 0 Å². The molecule has 0 saturated heterocycles. The standard InChI is InChI=1S/C20H23N3O4S/c1-4-26-9-10-27-20(25)14-5-7-15(8-6-14)23-11-16(24)17(18(23)21)19-22-12(2)13(3)28-19/h5-8,21,24H,4,9-11H2,1-3H3. The zero-order valence-electron chi connectivity index (χ0n) is 16.1. The van der Waals surface area contributed by atoms with E-state index in [9.17, 15) is 9.90 Å². The highest BCUT2D eigenvalue weighted by atomic mass is 32.1. The van der Waals surface area contributed by atoms with E-state index < -0.39 is 5.97 Å². The smallest absolute Gasteiger partial charge is 0.338 e. The first-order valence-electron chi connectivity index (χ1n) is 9.00. The van der Waals surface area contributed by atoms with Crippen molar-refractivity contribution in [3.05, 3.63) is 51.2 Å². The van der Waals surface area contributed by atoms with Crippen molar-refractivity contribution in [3.8, 4) is 0 Å². The van der Waals surface area contributed by atoms with Crippen molar-refractivity contribution in [2.45, 2.75) is 20.8 Å². The number of benzene rings is 1. The first kappa shape index (κ1) is 20.0. The minimum absolute atomic E-state index is 0.123. The summed E-state index contributed by atoms with van der Waals surface area (Å²) in [6.45, 7) is 7.12. The molecule has 0 radical (unpaired) electrons. The molecule has 0 spiro atoms. The largest absolute Gasteiger partial charge is 0.510 e. The average Bonchev–Trinajstić information content (AvgIpc) is 3.16. The van der Waals surface area contributed by atoms with Crippen LogP contribution in [0.4, 0.5) is 5.69 Å². The number of aliphatic hydroxyl groups excluding tert-OH is 1. The van der Waals surface area contributed by atoms with Crippen LogP contribution in [0, 0.1) is 19.3 Å². The van der Waals surface area contributed by atoms with Crippen LogP contribution in [0.5, 0.6) is 0 Å². The summed E-state index contributed by atoms with van der Waals surface area (Å²) in [5.41, 5.74) is 2.50. The fourth-order valence-electron chi connectivity index (χ4n) is 2.80. The zero-order chi connectivity index (χ0) is 20.3. The number of esters is 1. The van der Waals surface area contributed by atoms with Crippen LogP contribution < -0.4 is 4.90 Å². The number of ether oxygens (including phenoxy) is 2. The van der Waals surface area contributed by atoms with Crippen LogP contribution >= 0.6 is 11.3 Å². The molecule has 0 unspecified atom stereocenters. The van der Waals surface area contributed by atoms with Crippen LogP contribution in [0.2, 0.25) is 0 Å². The summed E-state index contributed by atoms with van der Waals surface area (Å²) in [6.07, 6.45) is 0. The number of aryl methyl sites for hydroxylation is 2. The maximum Gasteiger partial charge on any atom is 0.338 e. The fourth-order valence-corrected chi connectivity index (χ4v) is 3.79. The first-order chi connectivity index (χ1) is 13.4. The van der Waals surface area contributed by atoms with Gasteiger partial charge in [-0.1, -0.05) is 0 Å². The molecule has 1 aromatic carbocycles. The number of anilines is 1. The molecule has 3 rings (SSSR count). The van der Waals surface area contributed by atoms with E-state index in [1.165, 1.54) is 11.3 Å². The van der Waals surface area contributed by atoms with E-state index in [1.807, 2.05) is 20.8 Å². The van der Waals surface area contributed by atoms with Gasteiger partial charge in [-0.05, 0) is 45.0 Å². The Kier molecular flexibility index (Phi) is 6.11. The maximum absolute atomic E-state index is 12.0. The van der Waals surface area contributed by atoms with Crippen LogP contribution in [0.3, 0.4) is 0 Å². The van der Waals surface area contributed by atoms with Gasteiger partial charge in [0.25, 0.3) is 0 Å². The van der Waals surface area contributed by atoms with Gasteiger partial charge in [-0.3, -0.25) is 5.41 Å². The maximum atomic E-state index is 12.0. The predicted octanol–water partition coefficient (Wildman–Crippen LogP) is 3.72. The molecule has 0 fully saturated rings. The second-order valence-electron chi connectivity index (χ2n) is 6.30. The molecule has 0 aliphatic carbocycles. The van der Waals surface area contributed by atoms with Gasteiger partial charge in [0, 0.05) is 17.2 Å². The lowest BCUT2D eigenvalue weighted by molar-refractivity contribution is 0.0335. The number of carbonyl (C=O) groups excluding carboxylic acids is 1. The molecule has 2 aromatic rings. The highest BCUT2D eigenvalue weighted by molar-refractivity contribution is 7.13. The predicted molar refractivity (Wildman–Crippen MR) is 109 cm³/mol. The van der Waals surface area contributed by atoms with E-state index in [0.717, 1.165) is 10.6 Å². The van der Waals surface area contributed by atoms with Crippen molar-refractivity contribution in [2.75, 3.05) is 31.3 Å². The van der Waals surface area contributed by atoms with E-state index in [-0.39, 0.29) is 24.7 Å². The molecule has 0 atom stereocenters. The molecule has 8 heteroatoms. The summed E-state index contributed by atoms with van der Waals surface area (Å²) in [5, 5.41) is 19.5. The summed E-state index contributed by atoms with van der Waals surface area (Å²) in [4.78, 5) is 19.2. The number of nitrogens with one attached hydrogen (secondary N) is 1. The Morgan fingerprint density at radius 1 is 1.29 bits per heavy atom. The number of hydrogen-bond donors (Lipinski definition) is 2. The molecule has 1 aromatic heterocycles.